The van der Waals surface area contributed by atoms with Gasteiger partial charge in [0.15, 0.2) is 16.0 Å². The lowest BCUT2D eigenvalue weighted by Gasteiger charge is -2.04. The molecule has 0 unspecified atom stereocenters. The van der Waals surface area contributed by atoms with Gasteiger partial charge in [-0.1, -0.05) is 59.9 Å². The summed E-state index contributed by atoms with van der Waals surface area (Å²) in [7, 11) is 0. The molecule has 2 N–H and O–H groups in total. The second-order valence-corrected chi connectivity index (χ2v) is 8.52. The van der Waals surface area contributed by atoms with Gasteiger partial charge < -0.3 is 10.6 Å². The monoisotopic (exact) mass is 428 g/mol. The molecule has 0 aliphatic carbocycles. The number of anilines is 4. The zero-order valence-corrected chi connectivity index (χ0v) is 17.3. The lowest BCUT2D eigenvalue weighted by molar-refractivity contribution is 0.104. The Balaban J connectivity index is 1.53. The SMILES string of the molecule is O=C(c1nc2ccccc2s1)c1sc(Nc2ccccc2)nc1Nc1ccccc1. The van der Waals surface area contributed by atoms with Crippen molar-refractivity contribution in [1.82, 2.24) is 9.97 Å². The van der Waals surface area contributed by atoms with Crippen LogP contribution in [0.2, 0.25) is 0 Å². The van der Waals surface area contributed by atoms with Crippen molar-refractivity contribution in [3.63, 3.8) is 0 Å². The number of hydrogen-bond acceptors (Lipinski definition) is 7. The average Bonchev–Trinajstić information content (AvgIpc) is 3.39. The fraction of sp³-hybridized carbons (Fsp3) is 0. The molecule has 0 amide bonds. The molecule has 0 radical (unpaired) electrons. The van der Waals surface area contributed by atoms with Crippen LogP contribution in [0.15, 0.2) is 84.9 Å². The first-order chi connectivity index (χ1) is 14.8. The number of fused-ring (bicyclic) bond motifs is 1. The summed E-state index contributed by atoms with van der Waals surface area (Å²) in [6.45, 7) is 0. The van der Waals surface area contributed by atoms with Crippen molar-refractivity contribution < 1.29 is 4.79 Å². The maximum absolute atomic E-state index is 13.3. The van der Waals surface area contributed by atoms with Crippen molar-refractivity contribution in [3.05, 3.63) is 94.8 Å². The van der Waals surface area contributed by atoms with Gasteiger partial charge in [-0.25, -0.2) is 9.97 Å². The minimum Gasteiger partial charge on any atom is -0.339 e. The van der Waals surface area contributed by atoms with E-state index in [1.54, 1.807) is 0 Å². The quantitative estimate of drug-likeness (QED) is 0.303. The fourth-order valence-electron chi connectivity index (χ4n) is 2.98. The zero-order valence-electron chi connectivity index (χ0n) is 15.7. The summed E-state index contributed by atoms with van der Waals surface area (Å²) in [4.78, 5) is 23.1. The molecular weight excluding hydrogens is 412 g/mol. The molecule has 5 rings (SSSR count). The molecule has 2 heterocycles. The first kappa shape index (κ1) is 18.5. The van der Waals surface area contributed by atoms with Crippen LogP contribution in [0.5, 0.6) is 0 Å². The summed E-state index contributed by atoms with van der Waals surface area (Å²) in [5.74, 6) is 0.391. The molecular formula is C23H16N4OS2. The fourth-order valence-corrected chi connectivity index (χ4v) is 4.84. The van der Waals surface area contributed by atoms with E-state index in [1.807, 2.05) is 84.9 Å². The van der Waals surface area contributed by atoms with Crippen molar-refractivity contribution in [2.45, 2.75) is 0 Å². The predicted octanol–water partition coefficient (Wildman–Crippen LogP) is 6.47. The molecule has 0 spiro atoms. The van der Waals surface area contributed by atoms with Crippen LogP contribution in [-0.4, -0.2) is 15.8 Å². The summed E-state index contributed by atoms with van der Waals surface area (Å²) in [5, 5.41) is 7.66. The summed E-state index contributed by atoms with van der Waals surface area (Å²) in [6, 6.07) is 27.2. The Morgan fingerprint density at radius 2 is 1.33 bits per heavy atom. The molecule has 0 atom stereocenters. The number of aromatic nitrogens is 2. The lowest BCUT2D eigenvalue weighted by Crippen LogP contribution is -2.02. The molecule has 0 saturated carbocycles. The molecule has 0 fully saturated rings. The molecule has 5 aromatic rings. The second kappa shape index (κ2) is 8.06. The highest BCUT2D eigenvalue weighted by Crippen LogP contribution is 2.34. The molecule has 5 nitrogen and oxygen atoms in total. The first-order valence-corrected chi connectivity index (χ1v) is 10.9. The van der Waals surface area contributed by atoms with E-state index in [0.29, 0.717) is 20.8 Å². The summed E-state index contributed by atoms with van der Waals surface area (Å²) < 4.78 is 0.991. The van der Waals surface area contributed by atoms with E-state index in [4.69, 9.17) is 0 Å². The summed E-state index contributed by atoms with van der Waals surface area (Å²) in [6.07, 6.45) is 0. The van der Waals surface area contributed by atoms with Gasteiger partial charge in [0.1, 0.15) is 4.88 Å². The maximum atomic E-state index is 13.3. The van der Waals surface area contributed by atoms with Crippen molar-refractivity contribution in [1.29, 1.82) is 0 Å². The molecule has 0 aliphatic rings. The molecule has 0 saturated heterocycles. The van der Waals surface area contributed by atoms with Crippen LogP contribution >= 0.6 is 22.7 Å². The van der Waals surface area contributed by atoms with E-state index in [0.717, 1.165) is 21.6 Å². The standard InChI is InChI=1S/C23H16N4OS2/c28-19(22-26-17-13-7-8-14-18(17)29-22)20-21(24-15-9-3-1-4-10-15)27-23(30-20)25-16-11-5-2-6-12-16/h1-14,24H,(H,25,27). The van der Waals surface area contributed by atoms with Gasteiger partial charge >= 0.3 is 0 Å². The van der Waals surface area contributed by atoms with Gasteiger partial charge in [0.2, 0.25) is 5.78 Å². The number of thiazole rings is 2. The van der Waals surface area contributed by atoms with E-state index in [1.165, 1.54) is 22.7 Å². The van der Waals surface area contributed by atoms with Gasteiger partial charge in [0.25, 0.3) is 0 Å². The highest BCUT2D eigenvalue weighted by Gasteiger charge is 2.23. The van der Waals surface area contributed by atoms with Gasteiger partial charge in [0.05, 0.1) is 10.2 Å². The minimum atomic E-state index is -0.131. The topological polar surface area (TPSA) is 66.9 Å². The van der Waals surface area contributed by atoms with E-state index < -0.39 is 0 Å². The number of carbonyl (C=O) groups is 1. The lowest BCUT2D eigenvalue weighted by atomic mass is 10.3. The number of rotatable bonds is 6. The minimum absolute atomic E-state index is 0.131. The third-order valence-corrected chi connectivity index (χ3v) is 6.39. The van der Waals surface area contributed by atoms with E-state index in [9.17, 15) is 4.79 Å². The molecule has 0 aliphatic heterocycles. The molecule has 7 heteroatoms. The Morgan fingerprint density at radius 3 is 2.03 bits per heavy atom. The van der Waals surface area contributed by atoms with Crippen LogP contribution in [-0.2, 0) is 0 Å². The van der Waals surface area contributed by atoms with Crippen LogP contribution in [0.25, 0.3) is 10.2 Å². The Morgan fingerprint density at radius 1 is 0.700 bits per heavy atom. The number of para-hydroxylation sites is 3. The highest BCUT2D eigenvalue weighted by atomic mass is 32.1. The van der Waals surface area contributed by atoms with Gasteiger partial charge in [-0.05, 0) is 36.4 Å². The van der Waals surface area contributed by atoms with Crippen LogP contribution in [0, 0.1) is 0 Å². The number of hydrogen-bond donors (Lipinski definition) is 2. The average molecular weight is 429 g/mol. The second-order valence-electron chi connectivity index (χ2n) is 6.49. The van der Waals surface area contributed by atoms with Crippen LogP contribution in [0.3, 0.4) is 0 Å². The van der Waals surface area contributed by atoms with Gasteiger partial charge in [0, 0.05) is 11.4 Å². The van der Waals surface area contributed by atoms with Crippen LogP contribution < -0.4 is 10.6 Å². The first-order valence-electron chi connectivity index (χ1n) is 9.31. The Hall–Kier alpha value is -3.55. The van der Waals surface area contributed by atoms with Gasteiger partial charge in [-0.2, -0.15) is 0 Å². The number of benzene rings is 3. The maximum Gasteiger partial charge on any atom is 0.235 e. The highest BCUT2D eigenvalue weighted by molar-refractivity contribution is 7.22. The van der Waals surface area contributed by atoms with E-state index in [-0.39, 0.29) is 5.78 Å². The molecule has 3 aromatic carbocycles. The largest absolute Gasteiger partial charge is 0.339 e. The molecule has 0 bridgehead atoms. The van der Waals surface area contributed by atoms with Crippen LogP contribution in [0.4, 0.5) is 22.3 Å². The number of nitrogens with one attached hydrogen (secondary N) is 2. The molecule has 30 heavy (non-hydrogen) atoms. The summed E-state index contributed by atoms with van der Waals surface area (Å²) in [5.41, 5.74) is 2.61. The van der Waals surface area contributed by atoms with E-state index in [2.05, 4.69) is 20.6 Å². The normalized spacial score (nSPS) is 10.8. The molecule has 2 aromatic heterocycles. The Kier molecular flexibility index (Phi) is 4.96. The van der Waals surface area contributed by atoms with Crippen molar-refractivity contribution in [3.8, 4) is 0 Å². The van der Waals surface area contributed by atoms with Gasteiger partial charge in [-0.15, -0.1) is 11.3 Å². The van der Waals surface area contributed by atoms with Gasteiger partial charge in [-0.3, -0.25) is 4.79 Å². The Labute approximate surface area is 181 Å². The Bertz CT molecular complexity index is 1280. The van der Waals surface area contributed by atoms with Crippen molar-refractivity contribution in [2.24, 2.45) is 0 Å². The van der Waals surface area contributed by atoms with Crippen molar-refractivity contribution in [2.75, 3.05) is 10.6 Å². The summed E-state index contributed by atoms with van der Waals surface area (Å²) >= 11 is 2.72. The smallest absolute Gasteiger partial charge is 0.235 e. The molecule has 146 valence electrons. The zero-order chi connectivity index (χ0) is 20.3. The number of ketones is 1. The third kappa shape index (κ3) is 3.80. The number of nitrogens with zero attached hydrogens (tertiary/aromatic N) is 2. The van der Waals surface area contributed by atoms with E-state index >= 15 is 0 Å². The number of carbonyl (C=O) groups excluding carboxylic acids is 1. The van der Waals surface area contributed by atoms with Crippen molar-refractivity contribution >= 4 is 61.0 Å². The predicted molar refractivity (Wildman–Crippen MR) is 125 cm³/mol. The van der Waals surface area contributed by atoms with Crippen LogP contribution in [0.1, 0.15) is 14.7 Å². The third-order valence-electron chi connectivity index (χ3n) is 4.38.